The molecule has 6 heteroatoms. The Labute approximate surface area is 106 Å². The van der Waals surface area contributed by atoms with Crippen molar-refractivity contribution in [2.45, 2.75) is 12.5 Å². The first-order chi connectivity index (χ1) is 8.56. The minimum absolute atomic E-state index is 0.189. The van der Waals surface area contributed by atoms with E-state index in [1.807, 2.05) is 31.1 Å². The molecule has 0 bridgehead atoms. The van der Waals surface area contributed by atoms with Gasteiger partial charge in [0.2, 0.25) is 0 Å². The number of hydrogen-bond donors (Lipinski definition) is 2. The summed E-state index contributed by atoms with van der Waals surface area (Å²) in [4.78, 5) is 19.6. The van der Waals surface area contributed by atoms with Crippen LogP contribution in [0.5, 0.6) is 0 Å². The van der Waals surface area contributed by atoms with Gasteiger partial charge in [0, 0.05) is 27.2 Å². The van der Waals surface area contributed by atoms with Crippen molar-refractivity contribution in [1.82, 2.24) is 9.88 Å². The molecule has 2 amide bonds. The SMILES string of the molecule is CN(C)c1ccc(NC(=O)N2CC[C@@H](O)C2)cn1. The fourth-order valence-electron chi connectivity index (χ4n) is 1.85. The second-order valence-corrected chi connectivity index (χ2v) is 4.62. The summed E-state index contributed by atoms with van der Waals surface area (Å²) in [5, 5.41) is 12.1. The number of hydrogen-bond acceptors (Lipinski definition) is 4. The van der Waals surface area contributed by atoms with Crippen LogP contribution in [0, 0.1) is 0 Å². The summed E-state index contributed by atoms with van der Waals surface area (Å²) in [5.74, 6) is 0.838. The van der Waals surface area contributed by atoms with Crippen LogP contribution in [0.2, 0.25) is 0 Å². The third-order valence-corrected chi connectivity index (χ3v) is 2.91. The molecule has 18 heavy (non-hydrogen) atoms. The van der Waals surface area contributed by atoms with Crippen molar-refractivity contribution in [2.75, 3.05) is 37.4 Å². The molecule has 1 fully saturated rings. The molecule has 2 N–H and O–H groups in total. The zero-order chi connectivity index (χ0) is 13.1. The molecule has 0 unspecified atom stereocenters. The first kappa shape index (κ1) is 12.6. The maximum atomic E-state index is 11.8. The fourth-order valence-corrected chi connectivity index (χ4v) is 1.85. The molecule has 1 atom stereocenters. The Bertz CT molecular complexity index is 419. The van der Waals surface area contributed by atoms with E-state index in [0.717, 1.165) is 5.82 Å². The van der Waals surface area contributed by atoms with Gasteiger partial charge in [-0.25, -0.2) is 9.78 Å². The quantitative estimate of drug-likeness (QED) is 0.812. The molecule has 0 saturated carbocycles. The van der Waals surface area contributed by atoms with E-state index in [9.17, 15) is 9.90 Å². The average molecular weight is 250 g/mol. The highest BCUT2D eigenvalue weighted by Gasteiger charge is 2.24. The van der Waals surface area contributed by atoms with E-state index in [1.54, 1.807) is 11.1 Å². The molecule has 1 saturated heterocycles. The molecule has 2 rings (SSSR count). The third kappa shape index (κ3) is 2.89. The van der Waals surface area contributed by atoms with Crippen LogP contribution in [-0.2, 0) is 0 Å². The summed E-state index contributed by atoms with van der Waals surface area (Å²) < 4.78 is 0. The first-order valence-corrected chi connectivity index (χ1v) is 5.93. The fraction of sp³-hybridized carbons (Fsp3) is 0.500. The Balaban J connectivity index is 1.95. The van der Waals surface area contributed by atoms with E-state index in [-0.39, 0.29) is 6.03 Å². The van der Waals surface area contributed by atoms with Gasteiger partial charge in [-0.2, -0.15) is 0 Å². The lowest BCUT2D eigenvalue weighted by Gasteiger charge is -2.17. The number of carbonyl (C=O) groups is 1. The minimum atomic E-state index is -0.398. The van der Waals surface area contributed by atoms with Gasteiger partial charge in [-0.15, -0.1) is 0 Å². The Morgan fingerprint density at radius 1 is 1.56 bits per heavy atom. The van der Waals surface area contributed by atoms with Crippen LogP contribution in [0.25, 0.3) is 0 Å². The van der Waals surface area contributed by atoms with Crippen LogP contribution in [0.4, 0.5) is 16.3 Å². The highest BCUT2D eigenvalue weighted by atomic mass is 16.3. The Morgan fingerprint density at radius 3 is 2.83 bits per heavy atom. The van der Waals surface area contributed by atoms with Gasteiger partial charge in [0.25, 0.3) is 0 Å². The number of likely N-dealkylation sites (tertiary alicyclic amines) is 1. The molecular weight excluding hydrogens is 232 g/mol. The number of aromatic nitrogens is 1. The largest absolute Gasteiger partial charge is 0.391 e. The zero-order valence-corrected chi connectivity index (χ0v) is 10.6. The number of rotatable bonds is 2. The van der Waals surface area contributed by atoms with Gasteiger partial charge in [0.05, 0.1) is 18.0 Å². The number of β-amino-alcohol motifs (C(OH)–C–C–N with tert-alkyl or cyclic N) is 1. The second-order valence-electron chi connectivity index (χ2n) is 4.62. The van der Waals surface area contributed by atoms with Crippen molar-refractivity contribution in [1.29, 1.82) is 0 Å². The number of aliphatic hydroxyl groups is 1. The number of urea groups is 1. The van der Waals surface area contributed by atoms with Crippen molar-refractivity contribution in [2.24, 2.45) is 0 Å². The van der Waals surface area contributed by atoms with Gasteiger partial charge in [0.15, 0.2) is 0 Å². The lowest BCUT2D eigenvalue weighted by Crippen LogP contribution is -2.33. The standard InChI is InChI=1S/C12H18N4O2/c1-15(2)11-4-3-9(7-13-11)14-12(18)16-6-5-10(17)8-16/h3-4,7,10,17H,5-6,8H2,1-2H3,(H,14,18)/t10-/m1/s1. The van der Waals surface area contributed by atoms with Crippen molar-refractivity contribution in [3.8, 4) is 0 Å². The predicted molar refractivity (Wildman–Crippen MR) is 69.8 cm³/mol. The Hall–Kier alpha value is -1.82. The summed E-state index contributed by atoms with van der Waals surface area (Å²) >= 11 is 0. The molecule has 1 aromatic rings. The van der Waals surface area contributed by atoms with Gasteiger partial charge in [-0.3, -0.25) is 0 Å². The Kier molecular flexibility index (Phi) is 3.66. The highest BCUT2D eigenvalue weighted by Crippen LogP contribution is 2.14. The number of pyridine rings is 1. The van der Waals surface area contributed by atoms with Crippen LogP contribution in [0.15, 0.2) is 18.3 Å². The van der Waals surface area contributed by atoms with E-state index in [2.05, 4.69) is 10.3 Å². The normalized spacial score (nSPS) is 18.8. The number of amides is 2. The number of nitrogens with one attached hydrogen (secondary N) is 1. The van der Waals surface area contributed by atoms with E-state index in [1.165, 1.54) is 0 Å². The van der Waals surface area contributed by atoms with Crippen molar-refractivity contribution >= 4 is 17.5 Å². The van der Waals surface area contributed by atoms with Crippen molar-refractivity contribution < 1.29 is 9.90 Å². The first-order valence-electron chi connectivity index (χ1n) is 5.93. The van der Waals surface area contributed by atoms with Crippen LogP contribution < -0.4 is 10.2 Å². The second kappa shape index (κ2) is 5.22. The van der Waals surface area contributed by atoms with Crippen LogP contribution >= 0.6 is 0 Å². The summed E-state index contributed by atoms with van der Waals surface area (Å²) in [6.45, 7) is 0.991. The topological polar surface area (TPSA) is 68.7 Å². The number of carbonyl (C=O) groups excluding carboxylic acids is 1. The van der Waals surface area contributed by atoms with Crippen molar-refractivity contribution in [3.63, 3.8) is 0 Å². The van der Waals surface area contributed by atoms with Gasteiger partial charge < -0.3 is 20.2 Å². The molecule has 0 aromatic carbocycles. The monoisotopic (exact) mass is 250 g/mol. The Morgan fingerprint density at radius 2 is 2.33 bits per heavy atom. The highest BCUT2D eigenvalue weighted by molar-refractivity contribution is 5.89. The molecule has 98 valence electrons. The molecule has 1 aromatic heterocycles. The number of aliphatic hydroxyl groups excluding tert-OH is 1. The maximum Gasteiger partial charge on any atom is 0.321 e. The lowest BCUT2D eigenvalue weighted by atomic mass is 10.3. The molecule has 1 aliphatic heterocycles. The van der Waals surface area contributed by atoms with Gasteiger partial charge in [-0.1, -0.05) is 0 Å². The van der Waals surface area contributed by atoms with E-state index < -0.39 is 6.10 Å². The summed E-state index contributed by atoms with van der Waals surface area (Å²) in [6, 6.07) is 3.47. The maximum absolute atomic E-state index is 11.8. The van der Waals surface area contributed by atoms with Gasteiger partial charge in [0.1, 0.15) is 5.82 Å². The molecule has 1 aliphatic rings. The number of anilines is 2. The van der Waals surface area contributed by atoms with Crippen LogP contribution in [0.3, 0.4) is 0 Å². The summed E-state index contributed by atoms with van der Waals surface area (Å²) in [6.07, 6.45) is 1.87. The summed E-state index contributed by atoms with van der Waals surface area (Å²) in [5.41, 5.74) is 0.659. The van der Waals surface area contributed by atoms with E-state index >= 15 is 0 Å². The molecule has 0 radical (unpaired) electrons. The molecule has 0 spiro atoms. The molecular formula is C12H18N4O2. The van der Waals surface area contributed by atoms with Crippen LogP contribution in [0.1, 0.15) is 6.42 Å². The van der Waals surface area contributed by atoms with E-state index in [4.69, 9.17) is 0 Å². The molecule has 2 heterocycles. The number of nitrogens with zero attached hydrogens (tertiary/aromatic N) is 3. The molecule has 0 aliphatic carbocycles. The van der Waals surface area contributed by atoms with Crippen molar-refractivity contribution in [3.05, 3.63) is 18.3 Å². The van der Waals surface area contributed by atoms with Crippen LogP contribution in [-0.4, -0.2) is 54.3 Å². The predicted octanol–water partition coefficient (Wildman–Crippen LogP) is 0.746. The third-order valence-electron chi connectivity index (χ3n) is 2.91. The van der Waals surface area contributed by atoms with Gasteiger partial charge >= 0.3 is 6.03 Å². The van der Waals surface area contributed by atoms with Gasteiger partial charge in [-0.05, 0) is 18.6 Å². The average Bonchev–Trinajstić information content (AvgIpc) is 2.76. The molecule has 6 nitrogen and oxygen atoms in total. The lowest BCUT2D eigenvalue weighted by molar-refractivity contribution is 0.176. The minimum Gasteiger partial charge on any atom is -0.391 e. The zero-order valence-electron chi connectivity index (χ0n) is 10.6. The summed E-state index contributed by atoms with van der Waals surface area (Å²) in [7, 11) is 3.82. The van der Waals surface area contributed by atoms with E-state index in [0.29, 0.717) is 25.2 Å². The smallest absolute Gasteiger partial charge is 0.321 e.